The van der Waals surface area contributed by atoms with Crippen molar-refractivity contribution in [3.8, 4) is 0 Å². The molecule has 0 unspecified atom stereocenters. The number of nitrogens with zero attached hydrogens (tertiary/aromatic N) is 1. The summed E-state index contributed by atoms with van der Waals surface area (Å²) in [4.78, 5) is 14.1. The topological polar surface area (TPSA) is 56.0 Å². The first-order valence-corrected chi connectivity index (χ1v) is 5.47. The molecule has 0 saturated carbocycles. The van der Waals surface area contributed by atoms with Gasteiger partial charge in [-0.05, 0) is 24.3 Å². The van der Waals surface area contributed by atoms with E-state index < -0.39 is 0 Å². The highest BCUT2D eigenvalue weighted by atomic mass is 35.5. The molecule has 88 valence electrons. The smallest absolute Gasteiger partial charge is 0.248 e. The van der Waals surface area contributed by atoms with Crippen LogP contribution >= 0.6 is 23.2 Å². The van der Waals surface area contributed by atoms with E-state index in [4.69, 9.17) is 28.9 Å². The predicted molar refractivity (Wildman–Crippen MR) is 69.2 cm³/mol. The van der Waals surface area contributed by atoms with Crippen molar-refractivity contribution in [2.24, 2.45) is 5.73 Å². The molecule has 2 rings (SSSR count). The van der Waals surface area contributed by atoms with E-state index >= 15 is 0 Å². The normalized spacial score (nSPS) is 9.06. The Morgan fingerprint density at radius 1 is 1.06 bits per heavy atom. The van der Waals surface area contributed by atoms with Gasteiger partial charge in [0.15, 0.2) is 0 Å². The highest BCUT2D eigenvalue weighted by molar-refractivity contribution is 6.41. The fraction of sp³-hybridized carbons (Fsp3) is 0. The Kier molecular flexibility index (Phi) is 5.46. The fourth-order valence-corrected chi connectivity index (χ4v) is 1.21. The molecule has 0 radical (unpaired) electrons. The zero-order valence-corrected chi connectivity index (χ0v) is 10.3. The van der Waals surface area contributed by atoms with Crippen molar-refractivity contribution < 1.29 is 4.79 Å². The molecule has 1 amide bonds. The molecule has 0 fully saturated rings. The first-order chi connectivity index (χ1) is 8.11. The van der Waals surface area contributed by atoms with Gasteiger partial charge in [-0.3, -0.25) is 4.79 Å². The van der Waals surface area contributed by atoms with Gasteiger partial charge in [-0.2, -0.15) is 0 Å². The van der Waals surface area contributed by atoms with Gasteiger partial charge in [-0.15, -0.1) is 0 Å². The Balaban J connectivity index is 0.000000171. The van der Waals surface area contributed by atoms with Crippen LogP contribution in [-0.2, 0) is 0 Å². The van der Waals surface area contributed by atoms with Gasteiger partial charge in [0.25, 0.3) is 0 Å². The number of pyridine rings is 1. The minimum Gasteiger partial charge on any atom is -0.366 e. The maximum absolute atomic E-state index is 10.4. The minimum atomic E-state index is -0.379. The monoisotopic (exact) mass is 268 g/mol. The van der Waals surface area contributed by atoms with E-state index in [1.54, 1.807) is 42.6 Å². The van der Waals surface area contributed by atoms with Crippen molar-refractivity contribution in [2.45, 2.75) is 0 Å². The Hall–Kier alpha value is -1.58. The summed E-state index contributed by atoms with van der Waals surface area (Å²) < 4.78 is 0. The quantitative estimate of drug-likeness (QED) is 0.808. The molecule has 0 saturated heterocycles. The van der Waals surface area contributed by atoms with Gasteiger partial charge >= 0.3 is 0 Å². The van der Waals surface area contributed by atoms with Gasteiger partial charge in [0.05, 0.1) is 5.02 Å². The van der Waals surface area contributed by atoms with E-state index in [1.165, 1.54) is 0 Å². The number of aromatic nitrogens is 1. The van der Waals surface area contributed by atoms with Gasteiger partial charge in [-0.1, -0.05) is 41.4 Å². The Labute approximate surface area is 109 Å². The zero-order valence-electron chi connectivity index (χ0n) is 8.81. The van der Waals surface area contributed by atoms with Crippen LogP contribution in [0.4, 0.5) is 0 Å². The molecule has 2 N–H and O–H groups in total. The van der Waals surface area contributed by atoms with Crippen molar-refractivity contribution in [1.82, 2.24) is 4.98 Å². The maximum atomic E-state index is 10.4. The molecular weight excluding hydrogens is 259 g/mol. The van der Waals surface area contributed by atoms with Gasteiger partial charge < -0.3 is 5.73 Å². The summed E-state index contributed by atoms with van der Waals surface area (Å²) in [6.45, 7) is 0. The Morgan fingerprint density at radius 3 is 2.06 bits per heavy atom. The van der Waals surface area contributed by atoms with Crippen LogP contribution < -0.4 is 5.73 Å². The van der Waals surface area contributed by atoms with E-state index in [0.717, 1.165) is 0 Å². The number of benzene rings is 1. The van der Waals surface area contributed by atoms with Crippen LogP contribution in [0.5, 0.6) is 0 Å². The second kappa shape index (κ2) is 6.89. The average molecular weight is 269 g/mol. The van der Waals surface area contributed by atoms with Gasteiger partial charge in [0.1, 0.15) is 5.15 Å². The molecule has 3 nitrogen and oxygen atoms in total. The molecule has 0 atom stereocenters. The third-order valence-electron chi connectivity index (χ3n) is 1.77. The van der Waals surface area contributed by atoms with E-state index in [0.29, 0.717) is 15.7 Å². The largest absolute Gasteiger partial charge is 0.366 e. The molecule has 1 heterocycles. The average Bonchev–Trinajstić information content (AvgIpc) is 2.35. The summed E-state index contributed by atoms with van der Waals surface area (Å²) in [6.07, 6.45) is 1.59. The number of amides is 1. The third-order valence-corrected chi connectivity index (χ3v) is 2.47. The molecule has 0 aliphatic heterocycles. The van der Waals surface area contributed by atoms with Crippen molar-refractivity contribution in [3.05, 3.63) is 64.4 Å². The van der Waals surface area contributed by atoms with Crippen LogP contribution in [0.15, 0.2) is 48.7 Å². The molecule has 17 heavy (non-hydrogen) atoms. The summed E-state index contributed by atoms with van der Waals surface area (Å²) in [5.74, 6) is -0.379. The van der Waals surface area contributed by atoms with Crippen LogP contribution in [-0.4, -0.2) is 10.9 Å². The minimum absolute atomic E-state index is 0.356. The summed E-state index contributed by atoms with van der Waals surface area (Å²) in [5, 5.41) is 0.850. The lowest BCUT2D eigenvalue weighted by Crippen LogP contribution is -2.09. The number of carbonyl (C=O) groups excluding carboxylic acids is 1. The number of primary amides is 1. The number of hydrogen-bond acceptors (Lipinski definition) is 2. The van der Waals surface area contributed by atoms with Crippen LogP contribution in [0, 0.1) is 0 Å². The summed E-state index contributed by atoms with van der Waals surface area (Å²) in [6, 6.07) is 12.2. The molecule has 0 aliphatic rings. The standard InChI is InChI=1S/C7H7NO.C5H3Cl2N/c8-7(9)6-4-2-1-3-5-6;6-4-2-1-3-8-5(4)7/h1-5H,(H2,8,9);1-3H. The first-order valence-electron chi connectivity index (χ1n) is 4.72. The van der Waals surface area contributed by atoms with Crippen molar-refractivity contribution in [1.29, 1.82) is 0 Å². The number of nitrogens with two attached hydrogens (primary N) is 1. The van der Waals surface area contributed by atoms with Gasteiger partial charge in [0.2, 0.25) is 5.91 Å². The molecule has 5 heteroatoms. The number of carbonyl (C=O) groups is 1. The molecule has 0 bridgehead atoms. The zero-order chi connectivity index (χ0) is 12.7. The van der Waals surface area contributed by atoms with E-state index in [1.807, 2.05) is 6.07 Å². The van der Waals surface area contributed by atoms with Crippen molar-refractivity contribution in [3.63, 3.8) is 0 Å². The highest BCUT2D eigenvalue weighted by Gasteiger charge is 1.93. The molecule has 1 aromatic carbocycles. The SMILES string of the molecule is Clc1cccnc1Cl.NC(=O)c1ccccc1. The van der Waals surface area contributed by atoms with Gasteiger partial charge in [-0.25, -0.2) is 4.98 Å². The van der Waals surface area contributed by atoms with Crippen LogP contribution in [0.1, 0.15) is 10.4 Å². The second-order valence-corrected chi connectivity index (χ2v) is 3.77. The van der Waals surface area contributed by atoms with Gasteiger partial charge in [0, 0.05) is 11.8 Å². The van der Waals surface area contributed by atoms with Crippen molar-refractivity contribution in [2.75, 3.05) is 0 Å². The Morgan fingerprint density at radius 2 is 1.71 bits per heavy atom. The molecule has 0 aliphatic carbocycles. The molecule has 0 spiro atoms. The lowest BCUT2D eigenvalue weighted by Gasteiger charge is -1.89. The summed E-state index contributed by atoms with van der Waals surface area (Å²) >= 11 is 11.0. The fourth-order valence-electron chi connectivity index (χ4n) is 0.969. The second-order valence-electron chi connectivity index (χ2n) is 3.01. The predicted octanol–water partition coefficient (Wildman–Crippen LogP) is 3.17. The molecular formula is C12H10Cl2N2O. The molecule has 1 aromatic heterocycles. The Bertz CT molecular complexity index is 468. The third kappa shape index (κ3) is 4.85. The maximum Gasteiger partial charge on any atom is 0.248 e. The highest BCUT2D eigenvalue weighted by Crippen LogP contribution is 2.16. The van der Waals surface area contributed by atoms with E-state index in [9.17, 15) is 4.79 Å². The summed E-state index contributed by atoms with van der Waals surface area (Å²) in [5.41, 5.74) is 5.53. The number of rotatable bonds is 1. The van der Waals surface area contributed by atoms with Crippen LogP contribution in [0.2, 0.25) is 10.2 Å². The number of hydrogen-bond donors (Lipinski definition) is 1. The summed E-state index contributed by atoms with van der Waals surface area (Å²) in [7, 11) is 0. The molecule has 2 aromatic rings. The van der Waals surface area contributed by atoms with Crippen LogP contribution in [0.25, 0.3) is 0 Å². The van der Waals surface area contributed by atoms with Crippen molar-refractivity contribution >= 4 is 29.1 Å². The van der Waals surface area contributed by atoms with E-state index in [2.05, 4.69) is 4.98 Å². The first kappa shape index (κ1) is 13.5. The lowest BCUT2D eigenvalue weighted by molar-refractivity contribution is 0.100. The number of halogens is 2. The van der Waals surface area contributed by atoms with Crippen LogP contribution in [0.3, 0.4) is 0 Å². The lowest BCUT2D eigenvalue weighted by atomic mass is 10.2. The van der Waals surface area contributed by atoms with E-state index in [-0.39, 0.29) is 5.91 Å².